The topological polar surface area (TPSA) is 111 Å². The monoisotopic (exact) mass is 640 g/mol. The number of carbonyl (C=O) groups excluding carboxylic acids is 3. The first-order valence-electron chi connectivity index (χ1n) is 14.1. The molecule has 0 saturated carbocycles. The number of thioether (sulfide) groups is 1. The van der Waals surface area contributed by atoms with Gasteiger partial charge in [-0.25, -0.2) is 0 Å². The molecule has 44 heavy (non-hydrogen) atoms. The zero-order chi connectivity index (χ0) is 31.1. The molecule has 1 atom stereocenters. The van der Waals surface area contributed by atoms with E-state index in [1.165, 1.54) is 34.1 Å². The number of hydrogen-bond donors (Lipinski definition) is 3. The molecule has 3 amide bonds. The number of amides is 3. The molecule has 5 rings (SSSR count). The number of carbonyl (C=O) groups is 3. The molecule has 0 bridgehead atoms. The van der Waals surface area contributed by atoms with E-state index < -0.39 is 17.1 Å². The summed E-state index contributed by atoms with van der Waals surface area (Å²) in [6.45, 7) is 1.80. The summed E-state index contributed by atoms with van der Waals surface area (Å²) in [6, 6.07) is 25.0. The number of halogens is 1. The van der Waals surface area contributed by atoms with Crippen LogP contribution in [0.15, 0.2) is 89.5 Å². The number of benzene rings is 3. The number of rotatable bonds is 9. The van der Waals surface area contributed by atoms with E-state index in [1.54, 1.807) is 79.7 Å². The third-order valence-electron chi connectivity index (χ3n) is 7.03. The molecule has 10 heteroatoms. The number of nitrogens with one attached hydrogen (secondary N) is 3. The van der Waals surface area contributed by atoms with Gasteiger partial charge in [0, 0.05) is 26.0 Å². The Bertz CT molecular complexity index is 1780. The van der Waals surface area contributed by atoms with Crippen molar-refractivity contribution in [1.82, 2.24) is 5.32 Å². The van der Waals surface area contributed by atoms with E-state index in [2.05, 4.69) is 22.0 Å². The second-order valence-corrected chi connectivity index (χ2v) is 13.1. The van der Waals surface area contributed by atoms with Gasteiger partial charge in [0.15, 0.2) is 0 Å². The Morgan fingerprint density at radius 1 is 0.977 bits per heavy atom. The number of anilines is 2. The number of fused-ring (bicyclic) bond motifs is 1. The molecule has 222 valence electrons. The van der Waals surface area contributed by atoms with E-state index in [0.29, 0.717) is 32.4 Å². The van der Waals surface area contributed by atoms with Gasteiger partial charge in [-0.3, -0.25) is 14.4 Å². The number of aryl methyl sites for hydroxylation is 1. The summed E-state index contributed by atoms with van der Waals surface area (Å²) >= 11 is 9.17. The minimum atomic E-state index is -0.534. The average molecular weight is 641 g/mol. The first kappa shape index (κ1) is 31.1. The molecular weight excluding hydrogens is 612 g/mol. The van der Waals surface area contributed by atoms with Gasteiger partial charge in [0.1, 0.15) is 16.8 Å². The molecule has 0 spiro atoms. The van der Waals surface area contributed by atoms with Crippen LogP contribution in [0.3, 0.4) is 0 Å². The number of hydrogen-bond acceptors (Lipinski definition) is 6. The van der Waals surface area contributed by atoms with Gasteiger partial charge < -0.3 is 16.0 Å². The lowest BCUT2D eigenvalue weighted by atomic mass is 9.96. The highest BCUT2D eigenvalue weighted by molar-refractivity contribution is 8.00. The molecule has 1 unspecified atom stereocenters. The second kappa shape index (κ2) is 14.4. The van der Waals surface area contributed by atoms with E-state index >= 15 is 0 Å². The smallest absolute Gasteiger partial charge is 0.272 e. The molecule has 0 fully saturated rings. The van der Waals surface area contributed by atoms with Gasteiger partial charge in [0.05, 0.1) is 10.8 Å². The first-order chi connectivity index (χ1) is 21.3. The maximum Gasteiger partial charge on any atom is 0.272 e. The molecule has 3 N–H and O–H groups in total. The zero-order valence-corrected chi connectivity index (χ0v) is 26.2. The molecule has 1 aliphatic carbocycles. The Labute approximate surface area is 269 Å². The Morgan fingerprint density at radius 2 is 1.73 bits per heavy atom. The standard InChI is InChI=1S/C34H29ClN4O3S2/c1-21(31(40)39-34-27(20-36)26-15-6-8-17-30(26)44-34)43-25-14-9-13-24(19-25)37-33(42)29(18-23-12-5-7-16-28(23)35)38-32(41)22-10-3-2-4-11-22/h2-5,7,9-14,16,18-19,21H,6,8,15,17H2,1H3,(H,37,42)(H,38,41)(H,39,40)/b29-18+. The van der Waals surface area contributed by atoms with Gasteiger partial charge in [-0.05, 0) is 86.2 Å². The predicted octanol–water partition coefficient (Wildman–Crippen LogP) is 7.68. The van der Waals surface area contributed by atoms with E-state index in [1.807, 2.05) is 6.07 Å². The Morgan fingerprint density at radius 3 is 2.50 bits per heavy atom. The summed E-state index contributed by atoms with van der Waals surface area (Å²) in [7, 11) is 0. The maximum absolute atomic E-state index is 13.5. The van der Waals surface area contributed by atoms with Gasteiger partial charge in [-0.1, -0.05) is 54.1 Å². The lowest BCUT2D eigenvalue weighted by Crippen LogP contribution is -2.30. The van der Waals surface area contributed by atoms with Gasteiger partial charge in [0.2, 0.25) is 5.91 Å². The van der Waals surface area contributed by atoms with Crippen molar-refractivity contribution < 1.29 is 14.4 Å². The maximum atomic E-state index is 13.5. The first-order valence-corrected chi connectivity index (χ1v) is 16.2. The molecule has 4 aromatic rings. The third kappa shape index (κ3) is 7.58. The Balaban J connectivity index is 1.29. The van der Waals surface area contributed by atoms with Gasteiger partial charge in [-0.15, -0.1) is 23.1 Å². The number of thiophene rings is 1. The van der Waals surface area contributed by atoms with Gasteiger partial charge in [0.25, 0.3) is 11.8 Å². The Kier molecular flexibility index (Phi) is 10.2. The van der Waals surface area contributed by atoms with Crippen molar-refractivity contribution in [3.63, 3.8) is 0 Å². The highest BCUT2D eigenvalue weighted by Gasteiger charge is 2.24. The molecule has 7 nitrogen and oxygen atoms in total. The van der Waals surface area contributed by atoms with E-state index in [4.69, 9.17) is 11.6 Å². The predicted molar refractivity (Wildman–Crippen MR) is 178 cm³/mol. The lowest BCUT2D eigenvalue weighted by Gasteiger charge is -2.14. The van der Waals surface area contributed by atoms with Crippen molar-refractivity contribution >= 4 is 69.2 Å². The summed E-state index contributed by atoms with van der Waals surface area (Å²) < 4.78 is 0. The van der Waals surface area contributed by atoms with Crippen LogP contribution < -0.4 is 16.0 Å². The van der Waals surface area contributed by atoms with Crippen molar-refractivity contribution in [3.05, 3.63) is 117 Å². The second-order valence-electron chi connectivity index (χ2n) is 10.2. The number of nitrogens with zero attached hydrogens (tertiary/aromatic N) is 1. The van der Waals surface area contributed by atoms with Crippen molar-refractivity contribution in [1.29, 1.82) is 5.26 Å². The van der Waals surface area contributed by atoms with Crippen LogP contribution in [0, 0.1) is 11.3 Å². The highest BCUT2D eigenvalue weighted by atomic mass is 35.5. The van der Waals surface area contributed by atoms with Crippen molar-refractivity contribution in [2.24, 2.45) is 0 Å². The SMILES string of the molecule is CC(Sc1cccc(NC(=O)/C(=C\c2ccccc2Cl)NC(=O)c2ccccc2)c1)C(=O)Nc1sc2c(c1C#N)CCCC2. The molecule has 1 aromatic heterocycles. The molecule has 0 saturated heterocycles. The Hall–Kier alpha value is -4.36. The minimum Gasteiger partial charge on any atom is -0.321 e. The molecular formula is C34H29ClN4O3S2. The van der Waals surface area contributed by atoms with Gasteiger partial charge in [-0.2, -0.15) is 5.26 Å². The number of nitriles is 1. The van der Waals surface area contributed by atoms with Crippen LogP contribution in [0.1, 0.15) is 51.7 Å². The normalized spacial score (nSPS) is 13.2. The summed E-state index contributed by atoms with van der Waals surface area (Å²) in [6.07, 6.45) is 5.50. The van der Waals surface area contributed by atoms with Gasteiger partial charge >= 0.3 is 0 Å². The average Bonchev–Trinajstić information content (AvgIpc) is 3.39. The van der Waals surface area contributed by atoms with E-state index in [0.717, 1.165) is 36.1 Å². The van der Waals surface area contributed by atoms with Crippen molar-refractivity contribution in [2.45, 2.75) is 42.8 Å². The summed E-state index contributed by atoms with van der Waals surface area (Å²) in [5.41, 5.74) is 3.14. The van der Waals surface area contributed by atoms with Crippen LogP contribution >= 0.6 is 34.7 Å². The van der Waals surface area contributed by atoms with Crippen LogP contribution in [-0.2, 0) is 22.4 Å². The quantitative estimate of drug-likeness (QED) is 0.128. The summed E-state index contributed by atoms with van der Waals surface area (Å²) in [5.74, 6) is -1.17. The fraction of sp³-hybridized carbons (Fsp3) is 0.176. The van der Waals surface area contributed by atoms with E-state index in [-0.39, 0.29) is 11.6 Å². The molecule has 0 aliphatic heterocycles. The highest BCUT2D eigenvalue weighted by Crippen LogP contribution is 2.38. The largest absolute Gasteiger partial charge is 0.321 e. The minimum absolute atomic E-state index is 0.0182. The van der Waals surface area contributed by atoms with Crippen LogP contribution in [0.4, 0.5) is 10.7 Å². The molecule has 1 aliphatic rings. The van der Waals surface area contributed by atoms with Crippen molar-refractivity contribution in [3.8, 4) is 6.07 Å². The van der Waals surface area contributed by atoms with Crippen LogP contribution in [0.2, 0.25) is 5.02 Å². The summed E-state index contributed by atoms with van der Waals surface area (Å²) in [4.78, 5) is 41.4. The van der Waals surface area contributed by atoms with E-state index in [9.17, 15) is 19.6 Å². The lowest BCUT2D eigenvalue weighted by molar-refractivity contribution is -0.115. The fourth-order valence-electron chi connectivity index (χ4n) is 4.78. The zero-order valence-electron chi connectivity index (χ0n) is 23.9. The molecule has 0 radical (unpaired) electrons. The van der Waals surface area contributed by atoms with Crippen LogP contribution in [0.5, 0.6) is 0 Å². The fourth-order valence-corrected chi connectivity index (χ4v) is 7.14. The van der Waals surface area contributed by atoms with Crippen LogP contribution in [-0.4, -0.2) is 23.0 Å². The van der Waals surface area contributed by atoms with Crippen molar-refractivity contribution in [2.75, 3.05) is 10.6 Å². The van der Waals surface area contributed by atoms with Crippen LogP contribution in [0.25, 0.3) is 6.08 Å². The third-order valence-corrected chi connectivity index (χ3v) is 9.67. The molecule has 3 aromatic carbocycles. The molecule has 1 heterocycles. The summed E-state index contributed by atoms with van der Waals surface area (Å²) in [5, 5.41) is 18.8.